The van der Waals surface area contributed by atoms with Crippen LogP contribution in [0.2, 0.25) is 5.02 Å². The SMILES string of the molecule is OCC(CO)(CO)NCc1cccc(Cl)c1F. The number of hydrogen-bond donors (Lipinski definition) is 4. The molecule has 0 bridgehead atoms. The fraction of sp³-hybridized carbons (Fsp3) is 0.455. The van der Waals surface area contributed by atoms with Gasteiger partial charge in [0.2, 0.25) is 0 Å². The summed E-state index contributed by atoms with van der Waals surface area (Å²) in [5.41, 5.74) is -0.924. The van der Waals surface area contributed by atoms with Crippen molar-refractivity contribution >= 4 is 11.6 Å². The zero-order valence-corrected chi connectivity index (χ0v) is 9.91. The lowest BCUT2D eigenvalue weighted by atomic mass is 10.0. The molecule has 4 nitrogen and oxygen atoms in total. The smallest absolute Gasteiger partial charge is 0.146 e. The van der Waals surface area contributed by atoms with Crippen LogP contribution < -0.4 is 5.32 Å². The molecular formula is C11H15ClFNO3. The fourth-order valence-electron chi connectivity index (χ4n) is 1.29. The van der Waals surface area contributed by atoms with Crippen LogP contribution in [-0.2, 0) is 6.54 Å². The standard InChI is InChI=1S/C11H15ClFNO3/c12-9-3-1-2-8(10(9)13)4-14-11(5-15,6-16)7-17/h1-3,14-17H,4-7H2. The normalized spacial score (nSPS) is 11.8. The lowest BCUT2D eigenvalue weighted by Crippen LogP contribution is -2.54. The van der Waals surface area contributed by atoms with Crippen LogP contribution >= 0.6 is 11.6 Å². The first kappa shape index (κ1) is 14.3. The van der Waals surface area contributed by atoms with Crippen molar-refractivity contribution in [2.45, 2.75) is 12.1 Å². The Bertz CT molecular complexity index is 363. The van der Waals surface area contributed by atoms with E-state index in [1.165, 1.54) is 12.1 Å². The minimum atomic E-state index is -1.23. The third-order valence-electron chi connectivity index (χ3n) is 2.59. The molecule has 0 saturated carbocycles. The average Bonchev–Trinajstić information content (AvgIpc) is 2.36. The van der Waals surface area contributed by atoms with Crippen molar-refractivity contribution in [3.63, 3.8) is 0 Å². The van der Waals surface area contributed by atoms with Gasteiger partial charge >= 0.3 is 0 Å². The maximum absolute atomic E-state index is 13.5. The van der Waals surface area contributed by atoms with Crippen LogP contribution in [0.4, 0.5) is 4.39 Å². The minimum absolute atomic E-state index is 0.00638. The van der Waals surface area contributed by atoms with Gasteiger partial charge in [-0.2, -0.15) is 0 Å². The predicted octanol–water partition coefficient (Wildman–Crippen LogP) is 0.284. The summed E-state index contributed by atoms with van der Waals surface area (Å²) in [7, 11) is 0. The van der Waals surface area contributed by atoms with E-state index in [2.05, 4.69) is 5.32 Å². The van der Waals surface area contributed by atoms with Crippen molar-refractivity contribution in [2.75, 3.05) is 19.8 Å². The molecule has 0 unspecified atom stereocenters. The molecule has 4 N–H and O–H groups in total. The number of nitrogens with one attached hydrogen (secondary N) is 1. The van der Waals surface area contributed by atoms with Gasteiger partial charge in [-0.05, 0) is 6.07 Å². The first-order valence-electron chi connectivity index (χ1n) is 5.09. The Kier molecular flexibility index (Phi) is 5.30. The van der Waals surface area contributed by atoms with Gasteiger partial charge in [-0.15, -0.1) is 0 Å². The molecule has 0 aliphatic carbocycles. The zero-order chi connectivity index (χ0) is 12.9. The fourth-order valence-corrected chi connectivity index (χ4v) is 1.48. The third-order valence-corrected chi connectivity index (χ3v) is 2.89. The molecule has 0 aromatic heterocycles. The van der Waals surface area contributed by atoms with E-state index in [-0.39, 0.29) is 11.6 Å². The summed E-state index contributed by atoms with van der Waals surface area (Å²) < 4.78 is 13.5. The third kappa shape index (κ3) is 3.37. The van der Waals surface area contributed by atoms with Gasteiger partial charge in [0.05, 0.1) is 30.4 Å². The Morgan fingerprint density at radius 1 is 1.18 bits per heavy atom. The van der Waals surface area contributed by atoms with Crippen LogP contribution in [0.5, 0.6) is 0 Å². The van der Waals surface area contributed by atoms with Crippen molar-refractivity contribution < 1.29 is 19.7 Å². The average molecular weight is 264 g/mol. The lowest BCUT2D eigenvalue weighted by molar-refractivity contribution is 0.0412. The molecule has 0 radical (unpaired) electrons. The molecule has 0 spiro atoms. The van der Waals surface area contributed by atoms with Crippen LogP contribution in [0.1, 0.15) is 5.56 Å². The van der Waals surface area contributed by atoms with Gasteiger partial charge in [0.15, 0.2) is 0 Å². The van der Waals surface area contributed by atoms with E-state index < -0.39 is 31.2 Å². The van der Waals surface area contributed by atoms with Gasteiger partial charge in [-0.25, -0.2) is 4.39 Å². The Morgan fingerprint density at radius 2 is 1.76 bits per heavy atom. The number of halogens is 2. The second kappa shape index (κ2) is 6.28. The number of hydrogen-bond acceptors (Lipinski definition) is 4. The lowest BCUT2D eigenvalue weighted by Gasteiger charge is -2.28. The van der Waals surface area contributed by atoms with Gasteiger partial charge in [-0.3, -0.25) is 0 Å². The van der Waals surface area contributed by atoms with Crippen molar-refractivity contribution in [3.8, 4) is 0 Å². The number of benzene rings is 1. The molecule has 0 saturated heterocycles. The Labute approximate surface area is 104 Å². The van der Waals surface area contributed by atoms with Gasteiger partial charge in [0.25, 0.3) is 0 Å². The molecule has 0 heterocycles. The number of aliphatic hydroxyl groups is 3. The summed E-state index contributed by atoms with van der Waals surface area (Å²) in [6.45, 7) is -1.32. The molecule has 0 aliphatic heterocycles. The minimum Gasteiger partial charge on any atom is -0.394 e. The highest BCUT2D eigenvalue weighted by Gasteiger charge is 2.27. The molecule has 0 atom stereocenters. The van der Waals surface area contributed by atoms with Gasteiger partial charge in [0.1, 0.15) is 5.82 Å². The summed E-state index contributed by atoms with van der Waals surface area (Å²) in [5.74, 6) is -0.551. The quantitative estimate of drug-likeness (QED) is 0.595. The molecule has 17 heavy (non-hydrogen) atoms. The van der Waals surface area contributed by atoms with Crippen LogP contribution in [0.15, 0.2) is 18.2 Å². The van der Waals surface area contributed by atoms with Crippen LogP contribution in [0.3, 0.4) is 0 Å². The first-order valence-corrected chi connectivity index (χ1v) is 5.47. The van der Waals surface area contributed by atoms with Crippen LogP contribution in [0.25, 0.3) is 0 Å². The van der Waals surface area contributed by atoms with E-state index in [0.29, 0.717) is 5.56 Å². The molecule has 1 aromatic rings. The molecule has 1 rings (SSSR count). The van der Waals surface area contributed by atoms with E-state index in [1.807, 2.05) is 0 Å². The molecule has 6 heteroatoms. The van der Waals surface area contributed by atoms with Gasteiger partial charge in [0, 0.05) is 12.1 Å². The molecule has 0 amide bonds. The Balaban J connectivity index is 2.75. The molecule has 0 aliphatic rings. The topological polar surface area (TPSA) is 72.7 Å². The monoisotopic (exact) mass is 263 g/mol. The summed E-state index contributed by atoms with van der Waals surface area (Å²) in [6, 6.07) is 4.56. The summed E-state index contributed by atoms with van der Waals surface area (Å²) >= 11 is 5.61. The highest BCUT2D eigenvalue weighted by molar-refractivity contribution is 6.30. The number of aliphatic hydroxyl groups excluding tert-OH is 3. The second-order valence-electron chi connectivity index (χ2n) is 3.82. The largest absolute Gasteiger partial charge is 0.394 e. The number of rotatable bonds is 6. The van der Waals surface area contributed by atoms with Crippen molar-refractivity contribution in [1.82, 2.24) is 5.32 Å². The second-order valence-corrected chi connectivity index (χ2v) is 4.23. The van der Waals surface area contributed by atoms with Gasteiger partial charge < -0.3 is 20.6 Å². The first-order chi connectivity index (χ1) is 8.08. The van der Waals surface area contributed by atoms with E-state index in [1.54, 1.807) is 6.07 Å². The van der Waals surface area contributed by atoms with E-state index in [9.17, 15) is 4.39 Å². The maximum Gasteiger partial charge on any atom is 0.146 e. The van der Waals surface area contributed by atoms with Crippen LogP contribution in [0, 0.1) is 5.82 Å². The molecule has 1 aromatic carbocycles. The van der Waals surface area contributed by atoms with E-state index >= 15 is 0 Å². The van der Waals surface area contributed by atoms with E-state index in [4.69, 9.17) is 26.9 Å². The van der Waals surface area contributed by atoms with Crippen molar-refractivity contribution in [3.05, 3.63) is 34.6 Å². The summed E-state index contributed by atoms with van der Waals surface area (Å²) in [6.07, 6.45) is 0. The Morgan fingerprint density at radius 3 is 2.29 bits per heavy atom. The highest BCUT2D eigenvalue weighted by Crippen LogP contribution is 2.18. The van der Waals surface area contributed by atoms with Crippen LogP contribution in [-0.4, -0.2) is 40.7 Å². The molecule has 0 fully saturated rings. The molecule has 96 valence electrons. The highest BCUT2D eigenvalue weighted by atomic mass is 35.5. The predicted molar refractivity (Wildman–Crippen MR) is 62.2 cm³/mol. The maximum atomic E-state index is 13.5. The zero-order valence-electron chi connectivity index (χ0n) is 9.16. The van der Waals surface area contributed by atoms with Gasteiger partial charge in [-0.1, -0.05) is 23.7 Å². The molecular weight excluding hydrogens is 249 g/mol. The Hall–Kier alpha value is -0.720. The van der Waals surface area contributed by atoms with Crippen molar-refractivity contribution in [2.24, 2.45) is 0 Å². The summed E-state index contributed by atoms with van der Waals surface area (Å²) in [5, 5.41) is 30.0. The van der Waals surface area contributed by atoms with E-state index in [0.717, 1.165) is 0 Å². The van der Waals surface area contributed by atoms with Crippen molar-refractivity contribution in [1.29, 1.82) is 0 Å². The summed E-state index contributed by atoms with van der Waals surface area (Å²) in [4.78, 5) is 0.